The highest BCUT2D eigenvalue weighted by atomic mass is 14.2. The van der Waals surface area contributed by atoms with E-state index in [0.29, 0.717) is 0 Å². The van der Waals surface area contributed by atoms with Gasteiger partial charge in [0.1, 0.15) is 0 Å². The largest absolute Gasteiger partial charge is 0.0914 e. The van der Waals surface area contributed by atoms with E-state index in [4.69, 9.17) is 0 Å². The van der Waals surface area contributed by atoms with Crippen LogP contribution in [0.25, 0.3) is 0 Å². The first kappa shape index (κ1) is 15.0. The molecule has 100 valence electrons. The van der Waals surface area contributed by atoms with E-state index in [0.717, 1.165) is 11.8 Å². The van der Waals surface area contributed by atoms with Crippen LogP contribution in [0.2, 0.25) is 0 Å². The second kappa shape index (κ2) is 8.97. The standard InChI is InChI=1S/C18H28/c1-4-6-13-18(10-5-2)16(3)14-15-17-11-8-7-9-12-17/h5,7-12,16,18H,4,6,13-15H2,1-3H3/b10-5+/t16-,18+/m1/s1. The van der Waals surface area contributed by atoms with E-state index < -0.39 is 0 Å². The maximum Gasteiger partial charge on any atom is -0.0208 e. The van der Waals surface area contributed by atoms with Crippen LogP contribution in [0.5, 0.6) is 0 Å². The van der Waals surface area contributed by atoms with Crippen molar-refractivity contribution in [3.8, 4) is 0 Å². The normalized spacial score (nSPS) is 14.8. The third kappa shape index (κ3) is 5.53. The third-order valence-corrected chi connectivity index (χ3v) is 3.79. The third-order valence-electron chi connectivity index (χ3n) is 3.79. The van der Waals surface area contributed by atoms with Gasteiger partial charge in [0.25, 0.3) is 0 Å². The van der Waals surface area contributed by atoms with Crippen LogP contribution < -0.4 is 0 Å². The van der Waals surface area contributed by atoms with Crippen LogP contribution >= 0.6 is 0 Å². The zero-order chi connectivity index (χ0) is 13.2. The maximum absolute atomic E-state index is 2.41. The van der Waals surface area contributed by atoms with E-state index in [9.17, 15) is 0 Å². The quantitative estimate of drug-likeness (QED) is 0.519. The van der Waals surface area contributed by atoms with E-state index in [1.807, 2.05) is 0 Å². The minimum Gasteiger partial charge on any atom is -0.0914 e. The SMILES string of the molecule is C/C=C/[C@@H](CCCC)[C@H](C)CCc1ccccc1. The van der Waals surface area contributed by atoms with Gasteiger partial charge in [-0.25, -0.2) is 0 Å². The van der Waals surface area contributed by atoms with Crippen molar-refractivity contribution in [1.82, 2.24) is 0 Å². The van der Waals surface area contributed by atoms with E-state index in [1.54, 1.807) is 0 Å². The summed E-state index contributed by atoms with van der Waals surface area (Å²) in [6.07, 6.45) is 11.1. The van der Waals surface area contributed by atoms with Crippen LogP contribution in [0, 0.1) is 11.8 Å². The van der Waals surface area contributed by atoms with Crippen LogP contribution in [0.3, 0.4) is 0 Å². The fraction of sp³-hybridized carbons (Fsp3) is 0.556. The van der Waals surface area contributed by atoms with Crippen molar-refractivity contribution in [3.05, 3.63) is 48.0 Å². The van der Waals surface area contributed by atoms with Crippen LogP contribution in [0.4, 0.5) is 0 Å². The number of rotatable bonds is 8. The molecule has 0 aromatic heterocycles. The number of unbranched alkanes of at least 4 members (excludes halogenated alkanes) is 1. The van der Waals surface area contributed by atoms with Gasteiger partial charge in [-0.05, 0) is 43.6 Å². The Morgan fingerprint density at radius 3 is 2.44 bits per heavy atom. The minimum absolute atomic E-state index is 0.763. The first-order valence-electron chi connectivity index (χ1n) is 7.44. The van der Waals surface area contributed by atoms with Gasteiger partial charge in [-0.3, -0.25) is 0 Å². The van der Waals surface area contributed by atoms with Gasteiger partial charge in [-0.2, -0.15) is 0 Å². The summed E-state index contributed by atoms with van der Waals surface area (Å²) in [5.41, 5.74) is 1.47. The molecular weight excluding hydrogens is 216 g/mol. The number of hydrogen-bond acceptors (Lipinski definition) is 0. The van der Waals surface area contributed by atoms with Crippen molar-refractivity contribution in [2.75, 3.05) is 0 Å². The molecule has 0 aliphatic carbocycles. The second-order valence-corrected chi connectivity index (χ2v) is 5.33. The van der Waals surface area contributed by atoms with Gasteiger partial charge in [0.2, 0.25) is 0 Å². The highest BCUT2D eigenvalue weighted by Crippen LogP contribution is 2.24. The lowest BCUT2D eigenvalue weighted by Gasteiger charge is -2.21. The van der Waals surface area contributed by atoms with E-state index >= 15 is 0 Å². The molecule has 0 fully saturated rings. The van der Waals surface area contributed by atoms with Crippen LogP contribution in [0.1, 0.15) is 52.0 Å². The van der Waals surface area contributed by atoms with Crippen LogP contribution in [-0.4, -0.2) is 0 Å². The van der Waals surface area contributed by atoms with E-state index in [1.165, 1.54) is 37.7 Å². The average molecular weight is 244 g/mol. The van der Waals surface area contributed by atoms with Gasteiger partial charge >= 0.3 is 0 Å². The van der Waals surface area contributed by atoms with Gasteiger partial charge in [0, 0.05) is 0 Å². The summed E-state index contributed by atoms with van der Waals surface area (Å²) in [5, 5.41) is 0. The van der Waals surface area contributed by atoms with Crippen LogP contribution in [-0.2, 0) is 6.42 Å². The van der Waals surface area contributed by atoms with Crippen molar-refractivity contribution < 1.29 is 0 Å². The summed E-state index contributed by atoms with van der Waals surface area (Å²) in [6.45, 7) is 6.83. The molecular formula is C18H28. The zero-order valence-electron chi connectivity index (χ0n) is 12.2. The molecule has 0 saturated heterocycles. The molecule has 0 unspecified atom stereocenters. The lowest BCUT2D eigenvalue weighted by atomic mass is 9.85. The summed E-state index contributed by atoms with van der Waals surface area (Å²) < 4.78 is 0. The molecule has 0 saturated carbocycles. The first-order chi connectivity index (χ1) is 8.77. The maximum atomic E-state index is 2.41. The summed E-state index contributed by atoms with van der Waals surface area (Å²) in [4.78, 5) is 0. The summed E-state index contributed by atoms with van der Waals surface area (Å²) in [5.74, 6) is 1.55. The lowest BCUT2D eigenvalue weighted by Crippen LogP contribution is -2.10. The molecule has 0 nitrogen and oxygen atoms in total. The summed E-state index contributed by atoms with van der Waals surface area (Å²) >= 11 is 0. The van der Waals surface area contributed by atoms with Crippen molar-refractivity contribution in [1.29, 1.82) is 0 Å². The molecule has 1 aromatic rings. The number of benzene rings is 1. The Morgan fingerprint density at radius 2 is 1.83 bits per heavy atom. The molecule has 0 heteroatoms. The fourth-order valence-corrected chi connectivity index (χ4v) is 2.51. The molecule has 2 atom stereocenters. The molecule has 0 heterocycles. The molecule has 0 spiro atoms. The highest BCUT2D eigenvalue weighted by Gasteiger charge is 2.13. The Bertz CT molecular complexity index is 323. The molecule has 0 amide bonds. The van der Waals surface area contributed by atoms with Gasteiger partial charge in [-0.15, -0.1) is 0 Å². The predicted molar refractivity (Wildman–Crippen MR) is 81.8 cm³/mol. The average Bonchev–Trinajstić information content (AvgIpc) is 2.42. The second-order valence-electron chi connectivity index (χ2n) is 5.33. The van der Waals surface area contributed by atoms with Crippen molar-refractivity contribution in [2.24, 2.45) is 11.8 Å². The fourth-order valence-electron chi connectivity index (χ4n) is 2.51. The summed E-state index contributed by atoms with van der Waals surface area (Å²) in [7, 11) is 0. The smallest absolute Gasteiger partial charge is 0.0208 e. The molecule has 1 rings (SSSR count). The van der Waals surface area contributed by atoms with Crippen molar-refractivity contribution >= 4 is 0 Å². The Morgan fingerprint density at radius 1 is 1.11 bits per heavy atom. The molecule has 0 aliphatic heterocycles. The first-order valence-corrected chi connectivity index (χ1v) is 7.44. The number of hydrogen-bond donors (Lipinski definition) is 0. The topological polar surface area (TPSA) is 0 Å². The monoisotopic (exact) mass is 244 g/mol. The lowest BCUT2D eigenvalue weighted by molar-refractivity contribution is 0.371. The molecule has 1 aromatic carbocycles. The minimum atomic E-state index is 0.763. The van der Waals surface area contributed by atoms with Crippen LogP contribution in [0.15, 0.2) is 42.5 Å². The number of allylic oxidation sites excluding steroid dienone is 2. The Balaban J connectivity index is 2.43. The van der Waals surface area contributed by atoms with Crippen molar-refractivity contribution in [3.63, 3.8) is 0 Å². The predicted octanol–water partition coefficient (Wildman–Crippen LogP) is 5.64. The van der Waals surface area contributed by atoms with Crippen molar-refractivity contribution in [2.45, 2.75) is 52.9 Å². The Labute approximate surface area is 113 Å². The van der Waals surface area contributed by atoms with E-state index in [-0.39, 0.29) is 0 Å². The summed E-state index contributed by atoms with van der Waals surface area (Å²) in [6, 6.07) is 10.9. The molecule has 0 aliphatic rings. The molecule has 0 radical (unpaired) electrons. The molecule has 0 N–H and O–H groups in total. The Kier molecular flexibility index (Phi) is 7.48. The molecule has 0 bridgehead atoms. The van der Waals surface area contributed by atoms with Gasteiger partial charge < -0.3 is 0 Å². The highest BCUT2D eigenvalue weighted by molar-refractivity contribution is 5.14. The van der Waals surface area contributed by atoms with Gasteiger partial charge in [0.15, 0.2) is 0 Å². The Hall–Kier alpha value is -1.04. The van der Waals surface area contributed by atoms with Gasteiger partial charge in [0.05, 0.1) is 0 Å². The van der Waals surface area contributed by atoms with Gasteiger partial charge in [-0.1, -0.05) is 69.2 Å². The number of aryl methyl sites for hydroxylation is 1. The molecule has 18 heavy (non-hydrogen) atoms. The van der Waals surface area contributed by atoms with E-state index in [2.05, 4.69) is 63.3 Å². The zero-order valence-corrected chi connectivity index (χ0v) is 12.2.